The number of nitrogens with two attached hydrogens (primary N) is 1. The standard InChI is InChI=1S/C14H20ClN6O4PS/c1-3-20(4-2)26(27)23-5-7-10(25-26)9(22)13(24-7)21-12-8(19-14(21)15)11(16)17-6-18-12/h6-7,9-10,13,22H,3-5H2,1-2H3,(H2,16,17,18)/t7-,9?,10?,13-,26?/m1/s1. The van der Waals surface area contributed by atoms with E-state index in [9.17, 15) is 5.11 Å². The number of aliphatic hydroxyl groups is 1. The van der Waals surface area contributed by atoms with E-state index in [1.165, 1.54) is 10.9 Å². The van der Waals surface area contributed by atoms with Gasteiger partial charge in [-0.3, -0.25) is 4.57 Å². The first kappa shape index (κ1) is 19.4. The maximum Gasteiger partial charge on any atom is 0.264 e. The zero-order valence-electron chi connectivity index (χ0n) is 14.7. The van der Waals surface area contributed by atoms with E-state index in [-0.39, 0.29) is 17.7 Å². The largest absolute Gasteiger partial charge is 0.386 e. The lowest BCUT2D eigenvalue weighted by atomic mass is 10.1. The zero-order chi connectivity index (χ0) is 19.3. The second kappa shape index (κ2) is 7.16. The van der Waals surface area contributed by atoms with Crippen LogP contribution in [-0.4, -0.2) is 67.3 Å². The molecule has 0 aliphatic carbocycles. The highest BCUT2D eigenvalue weighted by Gasteiger charge is 2.53. The minimum absolute atomic E-state index is 0.0870. The van der Waals surface area contributed by atoms with Crippen molar-refractivity contribution in [2.24, 2.45) is 0 Å². The fourth-order valence-electron chi connectivity index (χ4n) is 3.39. The van der Waals surface area contributed by atoms with Crippen LogP contribution in [0.25, 0.3) is 11.2 Å². The van der Waals surface area contributed by atoms with Crippen molar-refractivity contribution in [1.29, 1.82) is 0 Å². The molecule has 4 heterocycles. The quantitative estimate of drug-likeness (QED) is 0.538. The molecule has 2 aliphatic heterocycles. The van der Waals surface area contributed by atoms with E-state index in [1.807, 2.05) is 18.5 Å². The summed E-state index contributed by atoms with van der Waals surface area (Å²) in [6.07, 6.45) is -1.69. The number of imidazole rings is 1. The first-order valence-corrected chi connectivity index (χ1v) is 11.5. The maximum absolute atomic E-state index is 10.9. The molecule has 2 aromatic rings. The van der Waals surface area contributed by atoms with Crippen molar-refractivity contribution < 1.29 is 18.9 Å². The lowest BCUT2D eigenvalue weighted by Gasteiger charge is -2.39. The summed E-state index contributed by atoms with van der Waals surface area (Å²) in [4.78, 5) is 12.3. The predicted molar refractivity (Wildman–Crippen MR) is 103 cm³/mol. The third kappa shape index (κ3) is 3.06. The molecular weight excluding hydrogens is 415 g/mol. The highest BCUT2D eigenvalue weighted by atomic mass is 35.5. The van der Waals surface area contributed by atoms with Crippen molar-refractivity contribution in [2.75, 3.05) is 25.4 Å². The number of anilines is 1. The first-order valence-electron chi connectivity index (χ1n) is 8.55. The molecule has 0 radical (unpaired) electrons. The highest BCUT2D eigenvalue weighted by Crippen LogP contribution is 2.58. The van der Waals surface area contributed by atoms with E-state index in [4.69, 9.17) is 42.9 Å². The van der Waals surface area contributed by atoms with Gasteiger partial charge in [-0.05, 0) is 23.4 Å². The summed E-state index contributed by atoms with van der Waals surface area (Å²) >= 11 is 11.9. The molecule has 3 unspecified atom stereocenters. The monoisotopic (exact) mass is 434 g/mol. The number of nitrogen functional groups attached to an aromatic ring is 1. The Labute approximate surface area is 165 Å². The van der Waals surface area contributed by atoms with E-state index in [0.717, 1.165) is 0 Å². The van der Waals surface area contributed by atoms with Crippen molar-refractivity contribution in [1.82, 2.24) is 24.2 Å². The van der Waals surface area contributed by atoms with E-state index in [1.54, 1.807) is 0 Å². The van der Waals surface area contributed by atoms with Gasteiger partial charge in [-0.25, -0.2) is 19.6 Å². The molecule has 5 atom stereocenters. The predicted octanol–water partition coefficient (Wildman–Crippen LogP) is 1.30. The van der Waals surface area contributed by atoms with Gasteiger partial charge in [-0.2, -0.15) is 0 Å². The Morgan fingerprint density at radius 2 is 2.19 bits per heavy atom. The summed E-state index contributed by atoms with van der Waals surface area (Å²) in [6, 6.07) is 0. The Morgan fingerprint density at radius 3 is 2.89 bits per heavy atom. The molecule has 2 aliphatic rings. The summed E-state index contributed by atoms with van der Waals surface area (Å²) < 4.78 is 21.4. The number of rotatable bonds is 4. The van der Waals surface area contributed by atoms with Gasteiger partial charge >= 0.3 is 0 Å². The molecule has 27 heavy (non-hydrogen) atoms. The molecule has 148 valence electrons. The SMILES string of the molecule is CCN(CC)P1(=S)OC[C@H]2O[C@@H](n3c(Cl)nc4c(N)ncnc43)C(O)C2O1. The maximum atomic E-state index is 10.9. The number of halogens is 1. The van der Waals surface area contributed by atoms with Crippen LogP contribution in [0.4, 0.5) is 5.82 Å². The van der Waals surface area contributed by atoms with E-state index in [0.29, 0.717) is 24.3 Å². The number of aromatic nitrogens is 4. The molecule has 10 nitrogen and oxygen atoms in total. The third-order valence-electron chi connectivity index (χ3n) is 4.76. The van der Waals surface area contributed by atoms with Crippen LogP contribution in [0.1, 0.15) is 20.1 Å². The van der Waals surface area contributed by atoms with Crippen molar-refractivity contribution in [3.8, 4) is 0 Å². The molecule has 0 aromatic carbocycles. The lowest BCUT2D eigenvalue weighted by Crippen LogP contribution is -2.42. The number of ether oxygens (including phenoxy) is 1. The van der Waals surface area contributed by atoms with Gasteiger partial charge in [-0.15, -0.1) is 0 Å². The van der Waals surface area contributed by atoms with Gasteiger partial charge < -0.3 is 24.6 Å². The van der Waals surface area contributed by atoms with E-state index in [2.05, 4.69) is 15.0 Å². The van der Waals surface area contributed by atoms with Crippen LogP contribution in [0, 0.1) is 0 Å². The van der Waals surface area contributed by atoms with Gasteiger partial charge in [0.15, 0.2) is 23.2 Å². The zero-order valence-corrected chi connectivity index (χ0v) is 17.2. The van der Waals surface area contributed by atoms with Crippen LogP contribution in [0.3, 0.4) is 0 Å². The van der Waals surface area contributed by atoms with Crippen LogP contribution in [0.2, 0.25) is 5.28 Å². The highest BCUT2D eigenvalue weighted by molar-refractivity contribution is 8.08. The normalized spacial score (nSPS) is 33.7. The summed E-state index contributed by atoms with van der Waals surface area (Å²) in [5.41, 5.74) is 6.56. The van der Waals surface area contributed by atoms with Crippen LogP contribution in [0.5, 0.6) is 0 Å². The molecule has 0 amide bonds. The topological polar surface area (TPSA) is 121 Å². The molecule has 4 rings (SSSR count). The van der Waals surface area contributed by atoms with Crippen LogP contribution >= 0.6 is 18.2 Å². The summed E-state index contributed by atoms with van der Waals surface area (Å²) in [5, 5.41) is 11.0. The van der Waals surface area contributed by atoms with Crippen LogP contribution in [0.15, 0.2) is 6.33 Å². The molecule has 3 N–H and O–H groups in total. The number of nitrogens with zero attached hydrogens (tertiary/aromatic N) is 5. The van der Waals surface area contributed by atoms with Crippen molar-refractivity contribution in [3.63, 3.8) is 0 Å². The first-order chi connectivity index (χ1) is 12.9. The second-order valence-corrected chi connectivity index (χ2v) is 9.91. The lowest BCUT2D eigenvalue weighted by molar-refractivity contribution is -0.0575. The summed E-state index contributed by atoms with van der Waals surface area (Å²) in [6.45, 7) is 2.92. The van der Waals surface area contributed by atoms with Gasteiger partial charge in [0.1, 0.15) is 24.6 Å². The van der Waals surface area contributed by atoms with E-state index >= 15 is 0 Å². The number of hydrogen-bond donors (Lipinski definition) is 2. The van der Waals surface area contributed by atoms with Crippen molar-refractivity contribution in [2.45, 2.75) is 38.4 Å². The fraction of sp³-hybridized carbons (Fsp3) is 0.643. The fourth-order valence-corrected chi connectivity index (χ4v) is 6.78. The molecule has 2 aromatic heterocycles. The molecule has 13 heteroatoms. The second-order valence-electron chi connectivity index (χ2n) is 6.21. The van der Waals surface area contributed by atoms with Crippen molar-refractivity contribution >= 4 is 47.0 Å². The van der Waals surface area contributed by atoms with Gasteiger partial charge in [0.25, 0.3) is 6.64 Å². The van der Waals surface area contributed by atoms with E-state index < -0.39 is 31.2 Å². The molecule has 2 fully saturated rings. The van der Waals surface area contributed by atoms with Crippen LogP contribution in [-0.2, 0) is 25.6 Å². The van der Waals surface area contributed by atoms with Gasteiger partial charge in [0.05, 0.1) is 6.61 Å². The average molecular weight is 435 g/mol. The number of hydrogen-bond acceptors (Lipinski definition) is 9. The molecule has 0 spiro atoms. The average Bonchev–Trinajstić information content (AvgIpc) is 3.13. The third-order valence-corrected chi connectivity index (χ3v) is 8.54. The molecule has 0 bridgehead atoms. The number of aliphatic hydroxyl groups excluding tert-OH is 1. The Kier molecular flexibility index (Phi) is 5.15. The summed E-state index contributed by atoms with van der Waals surface area (Å²) in [5.74, 6) is 0.196. The molecular formula is C14H20ClN6O4PS. The van der Waals surface area contributed by atoms with Gasteiger partial charge in [0, 0.05) is 13.1 Å². The van der Waals surface area contributed by atoms with Crippen LogP contribution < -0.4 is 5.73 Å². The van der Waals surface area contributed by atoms with Gasteiger partial charge in [0.2, 0.25) is 5.28 Å². The van der Waals surface area contributed by atoms with Gasteiger partial charge in [-0.1, -0.05) is 13.8 Å². The Morgan fingerprint density at radius 1 is 1.44 bits per heavy atom. The Hall–Kier alpha value is -0.910. The number of fused-ring (bicyclic) bond motifs is 2. The summed E-state index contributed by atoms with van der Waals surface area (Å²) in [7, 11) is 0. The minimum atomic E-state index is -2.68. The smallest absolute Gasteiger partial charge is 0.264 e. The molecule has 0 saturated carbocycles. The van der Waals surface area contributed by atoms with Crippen molar-refractivity contribution in [3.05, 3.63) is 11.6 Å². The Bertz CT molecular complexity index is 911. The molecule has 2 saturated heterocycles. The minimum Gasteiger partial charge on any atom is -0.386 e. The Balaban J connectivity index is 1.67.